The van der Waals surface area contributed by atoms with E-state index in [4.69, 9.17) is 14.6 Å². The number of carboxylic acid groups (broad SMARTS) is 1. The number of hydrogen-bond acceptors (Lipinski definition) is 4. The second-order valence-electron chi connectivity index (χ2n) is 6.48. The van der Waals surface area contributed by atoms with Crippen LogP contribution in [0.25, 0.3) is 11.1 Å². The number of carbonyl (C=O) groups is 1. The van der Waals surface area contributed by atoms with Crippen LogP contribution in [0.5, 0.6) is 11.5 Å². The molecule has 0 aliphatic heterocycles. The summed E-state index contributed by atoms with van der Waals surface area (Å²) in [4.78, 5) is 11.1. The van der Waals surface area contributed by atoms with E-state index >= 15 is 0 Å². The Morgan fingerprint density at radius 1 is 1.13 bits per heavy atom. The molecule has 1 heterocycles. The lowest BCUT2D eigenvalue weighted by molar-refractivity contribution is -0.136. The van der Waals surface area contributed by atoms with Crippen molar-refractivity contribution >= 4 is 17.3 Å². The van der Waals surface area contributed by atoms with Crippen LogP contribution in [-0.4, -0.2) is 18.2 Å². The van der Waals surface area contributed by atoms with Crippen molar-refractivity contribution < 1.29 is 32.5 Å². The highest BCUT2D eigenvalue weighted by molar-refractivity contribution is 7.10. The van der Waals surface area contributed by atoms with E-state index in [1.165, 1.54) is 11.3 Å². The summed E-state index contributed by atoms with van der Waals surface area (Å²) in [6.07, 6.45) is -0.235. The van der Waals surface area contributed by atoms with Gasteiger partial charge >= 0.3 is 5.97 Å². The fourth-order valence-corrected chi connectivity index (χ4v) is 3.91. The van der Waals surface area contributed by atoms with Crippen molar-refractivity contribution in [2.24, 2.45) is 0 Å². The second-order valence-corrected chi connectivity index (χ2v) is 7.45. The van der Waals surface area contributed by atoms with Crippen molar-refractivity contribution in [1.82, 2.24) is 0 Å². The van der Waals surface area contributed by atoms with Crippen LogP contribution in [0.3, 0.4) is 0 Å². The molecular weight excluding hydrogens is 417 g/mol. The highest BCUT2D eigenvalue weighted by atomic mass is 32.1. The van der Waals surface area contributed by atoms with Crippen LogP contribution in [0.15, 0.2) is 41.8 Å². The number of thiophene rings is 1. The second kappa shape index (κ2) is 9.67. The zero-order chi connectivity index (χ0) is 21.7. The molecule has 30 heavy (non-hydrogen) atoms. The minimum absolute atomic E-state index is 0.00159. The largest absolute Gasteiger partial charge is 0.497 e. The average Bonchev–Trinajstić information content (AvgIpc) is 3.14. The number of rotatable bonds is 9. The monoisotopic (exact) mass is 436 g/mol. The molecule has 0 spiro atoms. The molecule has 3 rings (SSSR count). The van der Waals surface area contributed by atoms with Gasteiger partial charge in [-0.05, 0) is 52.8 Å². The van der Waals surface area contributed by atoms with Crippen LogP contribution in [-0.2, 0) is 24.5 Å². The summed E-state index contributed by atoms with van der Waals surface area (Å²) in [5.41, 5.74) is 2.25. The van der Waals surface area contributed by atoms with Gasteiger partial charge in [0, 0.05) is 16.9 Å². The average molecular weight is 436 g/mol. The summed E-state index contributed by atoms with van der Waals surface area (Å²) < 4.78 is 52.7. The van der Waals surface area contributed by atoms with Crippen LogP contribution in [0.1, 0.15) is 22.4 Å². The number of ether oxygens (including phenoxy) is 2. The lowest BCUT2D eigenvalue weighted by atomic mass is 10.0. The number of carboxylic acids is 1. The zero-order valence-corrected chi connectivity index (χ0v) is 16.9. The number of benzene rings is 2. The molecule has 0 radical (unpaired) electrons. The van der Waals surface area contributed by atoms with Crippen molar-refractivity contribution in [3.8, 4) is 22.6 Å². The molecule has 4 nitrogen and oxygen atoms in total. The third kappa shape index (κ3) is 4.94. The topological polar surface area (TPSA) is 55.8 Å². The lowest BCUT2D eigenvalue weighted by Crippen LogP contribution is -2.04. The van der Waals surface area contributed by atoms with Crippen molar-refractivity contribution in [3.05, 3.63) is 69.4 Å². The third-order valence-electron chi connectivity index (χ3n) is 4.55. The Kier molecular flexibility index (Phi) is 6.99. The highest BCUT2D eigenvalue weighted by Crippen LogP contribution is 2.35. The first-order chi connectivity index (χ1) is 14.4. The van der Waals surface area contributed by atoms with E-state index < -0.39 is 30.0 Å². The van der Waals surface area contributed by atoms with Crippen LogP contribution in [0, 0.1) is 11.6 Å². The van der Waals surface area contributed by atoms with E-state index in [0.29, 0.717) is 21.8 Å². The first-order valence-electron chi connectivity index (χ1n) is 9.05. The Bertz CT molecular complexity index is 1010. The molecule has 8 heteroatoms. The summed E-state index contributed by atoms with van der Waals surface area (Å²) in [5, 5.41) is 10.5. The molecule has 0 unspecified atom stereocenters. The Hall–Kier alpha value is -3.00. The maximum absolute atomic E-state index is 14.4. The van der Waals surface area contributed by atoms with Gasteiger partial charge in [0.1, 0.15) is 19.0 Å². The van der Waals surface area contributed by atoms with Crippen LogP contribution in [0.4, 0.5) is 13.2 Å². The molecule has 0 bridgehead atoms. The minimum Gasteiger partial charge on any atom is -0.497 e. The quantitative estimate of drug-likeness (QED) is 0.463. The molecule has 2 aromatic carbocycles. The van der Waals surface area contributed by atoms with Crippen LogP contribution in [0.2, 0.25) is 0 Å². The van der Waals surface area contributed by atoms with Gasteiger partial charge in [0.05, 0.1) is 7.11 Å². The molecule has 158 valence electrons. The fourth-order valence-electron chi connectivity index (χ4n) is 3.00. The van der Waals surface area contributed by atoms with Crippen molar-refractivity contribution in [1.29, 1.82) is 0 Å². The molecule has 0 aliphatic carbocycles. The number of halogens is 3. The maximum Gasteiger partial charge on any atom is 0.303 e. The van der Waals surface area contributed by atoms with E-state index in [1.807, 2.05) is 12.1 Å². The van der Waals surface area contributed by atoms with Gasteiger partial charge in [0.2, 0.25) is 0 Å². The SMILES string of the molecule is COc1ccc(-c2csc(CF)c2COc2c(F)cc(CCC(=O)O)cc2F)cc1. The van der Waals surface area contributed by atoms with Crippen LogP contribution >= 0.6 is 11.3 Å². The highest BCUT2D eigenvalue weighted by Gasteiger charge is 2.18. The van der Waals surface area contributed by atoms with Gasteiger partial charge in [-0.3, -0.25) is 4.79 Å². The first kappa shape index (κ1) is 21.7. The third-order valence-corrected chi connectivity index (χ3v) is 5.54. The number of alkyl halides is 1. The zero-order valence-electron chi connectivity index (χ0n) is 16.1. The molecule has 0 atom stereocenters. The molecule has 3 aromatic rings. The number of methoxy groups -OCH3 is 1. The van der Waals surface area contributed by atoms with Gasteiger partial charge in [-0.1, -0.05) is 12.1 Å². The van der Waals surface area contributed by atoms with Crippen LogP contribution < -0.4 is 9.47 Å². The van der Waals surface area contributed by atoms with Crippen molar-refractivity contribution in [3.63, 3.8) is 0 Å². The number of hydrogen-bond donors (Lipinski definition) is 1. The first-order valence-corrected chi connectivity index (χ1v) is 9.93. The Morgan fingerprint density at radius 2 is 1.80 bits per heavy atom. The summed E-state index contributed by atoms with van der Waals surface area (Å²) in [7, 11) is 1.55. The predicted molar refractivity (Wildman–Crippen MR) is 108 cm³/mol. The van der Waals surface area contributed by atoms with Crippen molar-refractivity contribution in [2.45, 2.75) is 26.1 Å². The standard InChI is InChI=1S/C22H19F3O4S/c1-28-15-5-3-14(4-6-15)17-12-30-20(10-23)16(17)11-29-22-18(24)8-13(9-19(22)25)2-7-21(26)27/h3-6,8-9,12H,2,7,10-11H2,1H3,(H,26,27). The summed E-state index contributed by atoms with van der Waals surface area (Å²) in [5.74, 6) is -2.83. The molecular formula is C22H19F3O4S. The van der Waals surface area contributed by atoms with Gasteiger partial charge in [0.25, 0.3) is 0 Å². The van der Waals surface area contributed by atoms with E-state index in [2.05, 4.69) is 0 Å². The maximum atomic E-state index is 14.4. The van der Waals surface area contributed by atoms with Gasteiger partial charge in [-0.25, -0.2) is 13.2 Å². The van der Waals surface area contributed by atoms with Gasteiger partial charge in [-0.15, -0.1) is 11.3 Å². The fraction of sp³-hybridized carbons (Fsp3) is 0.227. The Labute approximate surface area is 175 Å². The molecule has 0 fully saturated rings. The smallest absolute Gasteiger partial charge is 0.303 e. The van der Waals surface area contributed by atoms with E-state index in [-0.39, 0.29) is 25.0 Å². The normalized spacial score (nSPS) is 10.8. The summed E-state index contributed by atoms with van der Waals surface area (Å²) >= 11 is 1.21. The van der Waals surface area contributed by atoms with Gasteiger partial charge in [-0.2, -0.15) is 0 Å². The lowest BCUT2D eigenvalue weighted by Gasteiger charge is -2.12. The molecule has 0 amide bonds. The minimum atomic E-state index is -1.06. The Balaban J connectivity index is 1.83. The summed E-state index contributed by atoms with van der Waals surface area (Å²) in [6, 6.07) is 9.25. The number of aliphatic carboxylic acids is 1. The van der Waals surface area contributed by atoms with Gasteiger partial charge < -0.3 is 14.6 Å². The van der Waals surface area contributed by atoms with Gasteiger partial charge in [0.15, 0.2) is 17.4 Å². The molecule has 0 saturated carbocycles. The van der Waals surface area contributed by atoms with E-state index in [1.54, 1.807) is 24.6 Å². The summed E-state index contributed by atoms with van der Waals surface area (Å²) in [6.45, 7) is -0.939. The molecule has 0 saturated heterocycles. The predicted octanol–water partition coefficient (Wildman–Crippen LogP) is 5.77. The van der Waals surface area contributed by atoms with Crippen molar-refractivity contribution in [2.75, 3.05) is 7.11 Å². The molecule has 1 N–H and O–H groups in total. The number of aryl methyl sites for hydroxylation is 1. The Morgan fingerprint density at radius 3 is 2.37 bits per heavy atom. The van der Waals surface area contributed by atoms with E-state index in [9.17, 15) is 18.0 Å². The van der Waals surface area contributed by atoms with E-state index in [0.717, 1.165) is 17.7 Å². The molecule has 1 aromatic heterocycles. The molecule has 0 aliphatic rings.